The van der Waals surface area contributed by atoms with Crippen LogP contribution in [0, 0.1) is 11.3 Å². The van der Waals surface area contributed by atoms with E-state index in [1.165, 1.54) is 5.56 Å². The van der Waals surface area contributed by atoms with Crippen molar-refractivity contribution in [1.29, 1.82) is 5.26 Å². The van der Waals surface area contributed by atoms with Gasteiger partial charge in [-0.3, -0.25) is 4.90 Å². The van der Waals surface area contributed by atoms with Crippen molar-refractivity contribution in [1.82, 2.24) is 4.90 Å². The second-order valence-electron chi connectivity index (χ2n) is 4.07. The molecule has 0 bridgehead atoms. The van der Waals surface area contributed by atoms with E-state index < -0.39 is 0 Å². The summed E-state index contributed by atoms with van der Waals surface area (Å²) in [5.41, 5.74) is 1.89. The molecule has 0 saturated carbocycles. The summed E-state index contributed by atoms with van der Waals surface area (Å²) < 4.78 is 10.2. The van der Waals surface area contributed by atoms with Gasteiger partial charge in [-0.25, -0.2) is 0 Å². The Morgan fingerprint density at radius 1 is 1.06 bits per heavy atom. The van der Waals surface area contributed by atoms with Crippen molar-refractivity contribution in [2.45, 2.75) is 6.54 Å². The van der Waals surface area contributed by atoms with Gasteiger partial charge in [-0.2, -0.15) is 5.26 Å². The smallest absolute Gasteiger partial charge is 0.0991 e. The zero-order valence-corrected chi connectivity index (χ0v) is 11.1. The van der Waals surface area contributed by atoms with Crippen LogP contribution in [0.3, 0.4) is 0 Å². The Morgan fingerprint density at radius 2 is 1.61 bits per heavy atom. The summed E-state index contributed by atoms with van der Waals surface area (Å²) in [4.78, 5) is 2.27. The summed E-state index contributed by atoms with van der Waals surface area (Å²) in [6, 6.07) is 9.80. The standard InChI is InChI=1S/C14H20N2O2/c1-17-9-7-16(8-10-18-2)12-14-5-3-13(11-15)4-6-14/h3-6H,7-10,12H2,1-2H3. The van der Waals surface area contributed by atoms with Gasteiger partial charge in [-0.05, 0) is 17.7 Å². The molecule has 0 aliphatic heterocycles. The molecule has 0 aromatic heterocycles. The second-order valence-corrected chi connectivity index (χ2v) is 4.07. The van der Waals surface area contributed by atoms with E-state index in [9.17, 15) is 0 Å². The Hall–Kier alpha value is -1.41. The number of rotatable bonds is 8. The van der Waals surface area contributed by atoms with Crippen molar-refractivity contribution in [3.63, 3.8) is 0 Å². The number of hydrogen-bond donors (Lipinski definition) is 0. The third-order valence-electron chi connectivity index (χ3n) is 2.71. The predicted octanol–water partition coefficient (Wildman–Crippen LogP) is 1.65. The minimum Gasteiger partial charge on any atom is -0.383 e. The van der Waals surface area contributed by atoms with Crippen LogP contribution in [0.15, 0.2) is 24.3 Å². The topological polar surface area (TPSA) is 45.5 Å². The van der Waals surface area contributed by atoms with Crippen LogP contribution in [0.5, 0.6) is 0 Å². The molecule has 0 radical (unpaired) electrons. The summed E-state index contributed by atoms with van der Waals surface area (Å²) in [6.45, 7) is 4.01. The van der Waals surface area contributed by atoms with Crippen LogP contribution in [0.25, 0.3) is 0 Å². The lowest BCUT2D eigenvalue weighted by Crippen LogP contribution is -2.30. The lowest BCUT2D eigenvalue weighted by molar-refractivity contribution is 0.110. The molecule has 0 atom stereocenters. The fourth-order valence-corrected chi connectivity index (χ4v) is 1.65. The highest BCUT2D eigenvalue weighted by atomic mass is 16.5. The van der Waals surface area contributed by atoms with Crippen LogP contribution in [0.1, 0.15) is 11.1 Å². The minimum absolute atomic E-state index is 0.694. The molecule has 4 heteroatoms. The van der Waals surface area contributed by atoms with Crippen LogP contribution in [-0.4, -0.2) is 45.4 Å². The highest BCUT2D eigenvalue weighted by Crippen LogP contribution is 2.07. The van der Waals surface area contributed by atoms with Crippen molar-refractivity contribution in [2.75, 3.05) is 40.5 Å². The van der Waals surface area contributed by atoms with E-state index in [4.69, 9.17) is 14.7 Å². The van der Waals surface area contributed by atoms with Crippen molar-refractivity contribution < 1.29 is 9.47 Å². The molecule has 18 heavy (non-hydrogen) atoms. The molecule has 4 nitrogen and oxygen atoms in total. The molecule has 0 heterocycles. The van der Waals surface area contributed by atoms with Crippen molar-refractivity contribution >= 4 is 0 Å². The highest BCUT2D eigenvalue weighted by molar-refractivity contribution is 5.31. The lowest BCUT2D eigenvalue weighted by atomic mass is 10.1. The predicted molar refractivity (Wildman–Crippen MR) is 70.2 cm³/mol. The van der Waals surface area contributed by atoms with Gasteiger partial charge >= 0.3 is 0 Å². The van der Waals surface area contributed by atoms with E-state index in [1.807, 2.05) is 24.3 Å². The van der Waals surface area contributed by atoms with Gasteiger partial charge in [-0.15, -0.1) is 0 Å². The maximum atomic E-state index is 8.75. The summed E-state index contributed by atoms with van der Waals surface area (Å²) in [5, 5.41) is 8.75. The molecule has 1 rings (SSSR count). The van der Waals surface area contributed by atoms with E-state index in [1.54, 1.807) is 14.2 Å². The SMILES string of the molecule is COCCN(CCOC)Cc1ccc(C#N)cc1. The first kappa shape index (κ1) is 14.7. The third-order valence-corrected chi connectivity index (χ3v) is 2.71. The number of benzene rings is 1. The first-order chi connectivity index (χ1) is 8.80. The molecule has 0 unspecified atom stereocenters. The Balaban J connectivity index is 2.54. The van der Waals surface area contributed by atoms with Crippen molar-refractivity contribution in [3.05, 3.63) is 35.4 Å². The van der Waals surface area contributed by atoms with E-state index >= 15 is 0 Å². The maximum absolute atomic E-state index is 8.75. The van der Waals surface area contributed by atoms with Crippen molar-refractivity contribution in [3.8, 4) is 6.07 Å². The molecule has 0 aliphatic carbocycles. The normalized spacial score (nSPS) is 10.6. The zero-order valence-electron chi connectivity index (χ0n) is 11.1. The van der Waals surface area contributed by atoms with Gasteiger partial charge in [0.05, 0.1) is 24.8 Å². The van der Waals surface area contributed by atoms with Gasteiger partial charge in [0.2, 0.25) is 0 Å². The number of nitrogens with zero attached hydrogens (tertiary/aromatic N) is 2. The molecular formula is C14H20N2O2. The number of hydrogen-bond acceptors (Lipinski definition) is 4. The lowest BCUT2D eigenvalue weighted by Gasteiger charge is -2.21. The molecule has 98 valence electrons. The van der Waals surface area contributed by atoms with Crippen LogP contribution in [0.2, 0.25) is 0 Å². The Kier molecular flexibility index (Phi) is 7.04. The molecular weight excluding hydrogens is 228 g/mol. The van der Waals surface area contributed by atoms with Gasteiger partial charge in [0.15, 0.2) is 0 Å². The molecule has 0 amide bonds. The molecule has 1 aromatic carbocycles. The quantitative estimate of drug-likeness (QED) is 0.702. The summed E-state index contributed by atoms with van der Waals surface area (Å²) >= 11 is 0. The molecule has 1 aromatic rings. The van der Waals surface area contributed by atoms with Crippen LogP contribution >= 0.6 is 0 Å². The van der Waals surface area contributed by atoms with Gasteiger partial charge < -0.3 is 9.47 Å². The van der Waals surface area contributed by atoms with Gasteiger partial charge in [-0.1, -0.05) is 12.1 Å². The summed E-state index contributed by atoms with van der Waals surface area (Å²) in [7, 11) is 3.41. The fourth-order valence-electron chi connectivity index (χ4n) is 1.65. The Labute approximate surface area is 109 Å². The monoisotopic (exact) mass is 248 g/mol. The minimum atomic E-state index is 0.694. The largest absolute Gasteiger partial charge is 0.383 e. The number of nitriles is 1. The molecule has 0 N–H and O–H groups in total. The van der Waals surface area contributed by atoms with Gasteiger partial charge in [0, 0.05) is 33.9 Å². The van der Waals surface area contributed by atoms with Gasteiger partial charge in [0.1, 0.15) is 0 Å². The van der Waals surface area contributed by atoms with Crippen LogP contribution < -0.4 is 0 Å². The average molecular weight is 248 g/mol. The van der Waals surface area contributed by atoms with E-state index in [-0.39, 0.29) is 0 Å². The number of methoxy groups -OCH3 is 2. The second kappa shape index (κ2) is 8.65. The first-order valence-corrected chi connectivity index (χ1v) is 5.99. The first-order valence-electron chi connectivity index (χ1n) is 5.99. The highest BCUT2D eigenvalue weighted by Gasteiger charge is 2.05. The fraction of sp³-hybridized carbons (Fsp3) is 0.500. The molecule has 0 fully saturated rings. The molecule has 0 saturated heterocycles. The molecule has 0 spiro atoms. The summed E-state index contributed by atoms with van der Waals surface area (Å²) in [6.07, 6.45) is 0. The zero-order chi connectivity index (χ0) is 13.2. The van der Waals surface area contributed by atoms with Crippen LogP contribution in [0.4, 0.5) is 0 Å². The van der Waals surface area contributed by atoms with E-state index in [2.05, 4.69) is 11.0 Å². The van der Waals surface area contributed by atoms with Crippen LogP contribution in [-0.2, 0) is 16.0 Å². The molecule has 0 aliphatic rings. The maximum Gasteiger partial charge on any atom is 0.0991 e. The summed E-state index contributed by atoms with van der Waals surface area (Å²) in [5.74, 6) is 0. The van der Waals surface area contributed by atoms with Crippen molar-refractivity contribution in [2.24, 2.45) is 0 Å². The Morgan fingerprint density at radius 3 is 2.06 bits per heavy atom. The Bertz CT molecular complexity index is 362. The van der Waals surface area contributed by atoms with E-state index in [0.29, 0.717) is 18.8 Å². The number of ether oxygens (including phenoxy) is 2. The van der Waals surface area contributed by atoms with E-state index in [0.717, 1.165) is 19.6 Å². The third kappa shape index (κ3) is 5.28. The average Bonchev–Trinajstić information content (AvgIpc) is 2.42. The van der Waals surface area contributed by atoms with Gasteiger partial charge in [0.25, 0.3) is 0 Å².